The summed E-state index contributed by atoms with van der Waals surface area (Å²) < 4.78 is 8.24. The van der Waals surface area contributed by atoms with E-state index >= 15 is 0 Å². The van der Waals surface area contributed by atoms with E-state index in [0.717, 1.165) is 18.3 Å². The number of hydrogen-bond acceptors (Lipinski definition) is 4. The highest BCUT2D eigenvalue weighted by Crippen LogP contribution is 2.12. The van der Waals surface area contributed by atoms with Crippen LogP contribution in [0, 0.1) is 0 Å². The van der Waals surface area contributed by atoms with E-state index < -0.39 is 8.07 Å². The van der Waals surface area contributed by atoms with Crippen LogP contribution < -0.4 is 0 Å². The number of halogens is 1. The molecule has 0 aliphatic heterocycles. The van der Waals surface area contributed by atoms with Crippen molar-refractivity contribution in [3.8, 4) is 0 Å². The van der Waals surface area contributed by atoms with Crippen LogP contribution >= 0.6 is 15.9 Å². The average molecular weight is 329 g/mol. The Hall–Kier alpha value is -0.793. The molecule has 0 saturated carbocycles. The smallest absolute Gasteiger partial charge is 0.198 e. The Bertz CT molecular complexity index is 537. The van der Waals surface area contributed by atoms with Crippen molar-refractivity contribution in [1.82, 2.24) is 19.5 Å². The highest BCUT2D eigenvalue weighted by Gasteiger charge is 2.12. The van der Waals surface area contributed by atoms with Crippen molar-refractivity contribution in [2.75, 3.05) is 6.61 Å². The van der Waals surface area contributed by atoms with Gasteiger partial charge in [-0.05, 0) is 22.0 Å². The Morgan fingerprint density at radius 2 is 2.11 bits per heavy atom. The van der Waals surface area contributed by atoms with Gasteiger partial charge in [-0.1, -0.05) is 19.6 Å². The van der Waals surface area contributed by atoms with Gasteiger partial charge in [0.1, 0.15) is 17.7 Å². The van der Waals surface area contributed by atoms with Crippen LogP contribution in [0.5, 0.6) is 0 Å². The van der Waals surface area contributed by atoms with Gasteiger partial charge in [0.05, 0.1) is 6.20 Å². The maximum Gasteiger partial charge on any atom is 0.198 e. The third-order valence-corrected chi connectivity index (χ3v) is 4.61. The maximum absolute atomic E-state index is 5.67. The van der Waals surface area contributed by atoms with Crippen molar-refractivity contribution in [3.63, 3.8) is 0 Å². The SMILES string of the molecule is C[Si](C)(C)CCOCn1cnc2nc(Br)cnc21. The zero-order valence-electron chi connectivity index (χ0n) is 10.9. The molecule has 0 spiro atoms. The van der Waals surface area contributed by atoms with Crippen molar-refractivity contribution >= 4 is 35.3 Å². The van der Waals surface area contributed by atoms with Crippen molar-refractivity contribution < 1.29 is 4.74 Å². The minimum absolute atomic E-state index is 0.483. The van der Waals surface area contributed by atoms with E-state index in [1.807, 2.05) is 4.57 Å². The van der Waals surface area contributed by atoms with Crippen LogP contribution in [0.25, 0.3) is 11.3 Å². The molecule has 2 aromatic rings. The molecule has 2 aromatic heterocycles. The average Bonchev–Trinajstić information content (AvgIpc) is 2.65. The predicted molar refractivity (Wildman–Crippen MR) is 77.1 cm³/mol. The number of aromatic nitrogens is 4. The number of rotatable bonds is 5. The van der Waals surface area contributed by atoms with E-state index in [1.165, 1.54) is 0 Å². The normalized spacial score (nSPS) is 12.2. The van der Waals surface area contributed by atoms with E-state index in [-0.39, 0.29) is 0 Å². The molecule has 0 bridgehead atoms. The lowest BCUT2D eigenvalue weighted by atomic mass is 10.6. The van der Waals surface area contributed by atoms with Crippen molar-refractivity contribution in [3.05, 3.63) is 17.1 Å². The highest BCUT2D eigenvalue weighted by molar-refractivity contribution is 9.10. The highest BCUT2D eigenvalue weighted by atomic mass is 79.9. The fraction of sp³-hybridized carbons (Fsp3) is 0.545. The maximum atomic E-state index is 5.67. The van der Waals surface area contributed by atoms with Gasteiger partial charge in [0.15, 0.2) is 11.3 Å². The second-order valence-electron chi connectivity index (χ2n) is 5.40. The molecule has 18 heavy (non-hydrogen) atoms. The van der Waals surface area contributed by atoms with Gasteiger partial charge >= 0.3 is 0 Å². The van der Waals surface area contributed by atoms with Crippen LogP contribution in [-0.2, 0) is 11.5 Å². The first kappa shape index (κ1) is 13.6. The van der Waals surface area contributed by atoms with Crippen molar-refractivity contribution in [2.45, 2.75) is 32.4 Å². The molecule has 2 heterocycles. The van der Waals surface area contributed by atoms with Crippen LogP contribution in [0.4, 0.5) is 0 Å². The van der Waals surface area contributed by atoms with Crippen LogP contribution in [0.3, 0.4) is 0 Å². The standard InChI is InChI=1S/C11H17BrN4OSi/c1-18(2,3)5-4-17-8-16-7-14-10-11(16)13-6-9(12)15-10/h6-7H,4-5,8H2,1-3H3. The molecule has 0 saturated heterocycles. The molecule has 5 nitrogen and oxygen atoms in total. The molecule has 0 N–H and O–H groups in total. The minimum Gasteiger partial charge on any atom is -0.361 e. The summed E-state index contributed by atoms with van der Waals surface area (Å²) in [6.45, 7) is 8.29. The summed E-state index contributed by atoms with van der Waals surface area (Å²) in [6, 6.07) is 1.16. The van der Waals surface area contributed by atoms with Crippen LogP contribution in [-0.4, -0.2) is 34.2 Å². The fourth-order valence-electron chi connectivity index (χ4n) is 1.46. The third kappa shape index (κ3) is 3.60. The monoisotopic (exact) mass is 328 g/mol. The second kappa shape index (κ2) is 5.46. The first-order valence-corrected chi connectivity index (χ1v) is 10.4. The third-order valence-electron chi connectivity index (χ3n) is 2.52. The lowest BCUT2D eigenvalue weighted by Crippen LogP contribution is -2.22. The quantitative estimate of drug-likeness (QED) is 0.625. The first-order valence-electron chi connectivity index (χ1n) is 5.87. The molecule has 0 fully saturated rings. The summed E-state index contributed by atoms with van der Waals surface area (Å²) >= 11 is 3.28. The summed E-state index contributed by atoms with van der Waals surface area (Å²) in [4.78, 5) is 12.7. The molecule has 98 valence electrons. The van der Waals surface area contributed by atoms with Gasteiger partial charge < -0.3 is 4.74 Å². The summed E-state index contributed by atoms with van der Waals surface area (Å²) in [7, 11) is -1.02. The molecule has 0 aliphatic rings. The van der Waals surface area contributed by atoms with Crippen molar-refractivity contribution in [1.29, 1.82) is 0 Å². The molecule has 0 unspecified atom stereocenters. The van der Waals surface area contributed by atoms with E-state index in [4.69, 9.17) is 4.74 Å². The van der Waals surface area contributed by atoms with E-state index in [2.05, 4.69) is 50.5 Å². The summed E-state index contributed by atoms with van der Waals surface area (Å²) in [5, 5.41) is 0. The molecule has 0 radical (unpaired) electrons. The molecule has 0 aliphatic carbocycles. The van der Waals surface area contributed by atoms with Crippen LogP contribution in [0.15, 0.2) is 17.1 Å². The van der Waals surface area contributed by atoms with E-state index in [1.54, 1.807) is 12.5 Å². The number of imidazole rings is 1. The Balaban J connectivity index is 1.96. The molecule has 0 aromatic carbocycles. The van der Waals surface area contributed by atoms with Gasteiger partial charge in [-0.2, -0.15) is 0 Å². The first-order chi connectivity index (χ1) is 8.46. The number of hydrogen-bond donors (Lipinski definition) is 0. The zero-order valence-corrected chi connectivity index (χ0v) is 13.4. The van der Waals surface area contributed by atoms with Gasteiger partial charge in [0.2, 0.25) is 0 Å². The van der Waals surface area contributed by atoms with E-state index in [0.29, 0.717) is 17.0 Å². The number of fused-ring (bicyclic) bond motifs is 1. The van der Waals surface area contributed by atoms with Gasteiger partial charge in [0.25, 0.3) is 0 Å². The Labute approximate surface area is 116 Å². The molecule has 0 amide bonds. The molecular weight excluding hydrogens is 312 g/mol. The Kier molecular flexibility index (Phi) is 4.13. The van der Waals surface area contributed by atoms with Crippen molar-refractivity contribution in [2.24, 2.45) is 0 Å². The second-order valence-corrected chi connectivity index (χ2v) is 11.8. The lowest BCUT2D eigenvalue weighted by molar-refractivity contribution is 0.0895. The lowest BCUT2D eigenvalue weighted by Gasteiger charge is -2.15. The topological polar surface area (TPSA) is 52.8 Å². The molecule has 2 rings (SSSR count). The van der Waals surface area contributed by atoms with Gasteiger partial charge in [-0.25, -0.2) is 15.0 Å². The zero-order chi connectivity index (χ0) is 13.2. The van der Waals surface area contributed by atoms with Gasteiger partial charge in [0, 0.05) is 14.7 Å². The predicted octanol–water partition coefficient (Wildman–Crippen LogP) is 2.90. The summed E-state index contributed by atoms with van der Waals surface area (Å²) in [5.74, 6) is 0. The minimum atomic E-state index is -1.02. The molecule has 7 heteroatoms. The summed E-state index contributed by atoms with van der Waals surface area (Å²) in [6.07, 6.45) is 3.38. The summed E-state index contributed by atoms with van der Waals surface area (Å²) in [5.41, 5.74) is 1.39. The van der Waals surface area contributed by atoms with Crippen LogP contribution in [0.1, 0.15) is 0 Å². The molecular formula is C11H17BrN4OSi. The fourth-order valence-corrected chi connectivity index (χ4v) is 2.48. The largest absolute Gasteiger partial charge is 0.361 e. The number of nitrogens with zero attached hydrogens (tertiary/aromatic N) is 4. The molecule has 0 atom stereocenters. The Morgan fingerprint density at radius 3 is 2.83 bits per heavy atom. The van der Waals surface area contributed by atoms with Crippen LogP contribution in [0.2, 0.25) is 25.7 Å². The van der Waals surface area contributed by atoms with Gasteiger partial charge in [-0.3, -0.25) is 4.57 Å². The van der Waals surface area contributed by atoms with Gasteiger partial charge in [-0.15, -0.1) is 0 Å². The van der Waals surface area contributed by atoms with E-state index in [9.17, 15) is 0 Å². The Morgan fingerprint density at radius 1 is 1.33 bits per heavy atom. The number of ether oxygens (including phenoxy) is 1.